The van der Waals surface area contributed by atoms with Crippen molar-refractivity contribution in [1.82, 2.24) is 4.98 Å². The van der Waals surface area contributed by atoms with Crippen molar-refractivity contribution in [2.24, 2.45) is 0 Å². The first-order chi connectivity index (χ1) is 10.7. The molecule has 1 aromatic heterocycles. The van der Waals surface area contributed by atoms with Gasteiger partial charge in [0, 0.05) is 27.5 Å². The van der Waals surface area contributed by atoms with Gasteiger partial charge in [-0.05, 0) is 54.3 Å². The van der Waals surface area contributed by atoms with E-state index in [0.29, 0.717) is 0 Å². The van der Waals surface area contributed by atoms with Crippen molar-refractivity contribution in [3.8, 4) is 11.1 Å². The van der Waals surface area contributed by atoms with Gasteiger partial charge < -0.3 is 0 Å². The topological polar surface area (TPSA) is 12.9 Å². The number of hydrogen-bond donors (Lipinski definition) is 0. The highest BCUT2D eigenvalue weighted by Gasteiger charge is 2.06. The van der Waals surface area contributed by atoms with E-state index < -0.39 is 0 Å². The van der Waals surface area contributed by atoms with Crippen LogP contribution in [0.15, 0.2) is 66.9 Å². The van der Waals surface area contributed by atoms with Crippen LogP contribution in [0, 0.1) is 0 Å². The number of halogens is 2. The van der Waals surface area contributed by atoms with Gasteiger partial charge in [-0.1, -0.05) is 53.5 Å². The van der Waals surface area contributed by atoms with Crippen molar-refractivity contribution in [3.05, 3.63) is 88.2 Å². The maximum Gasteiger partial charge on any atom is 0.0485 e. The van der Waals surface area contributed by atoms with E-state index in [-0.39, 0.29) is 0 Å². The molecule has 1 heterocycles. The highest BCUT2D eigenvalue weighted by atomic mass is 35.5. The van der Waals surface area contributed by atoms with E-state index in [9.17, 15) is 0 Å². The predicted molar refractivity (Wildman–Crippen MR) is 93.5 cm³/mol. The molecule has 0 atom stereocenters. The Hall–Kier alpha value is -1.83. The third-order valence-electron chi connectivity index (χ3n) is 3.61. The van der Waals surface area contributed by atoms with Crippen molar-refractivity contribution in [2.45, 2.75) is 12.8 Å². The molecule has 0 fully saturated rings. The quantitative estimate of drug-likeness (QED) is 0.586. The molecule has 1 nitrogen and oxygen atoms in total. The lowest BCUT2D eigenvalue weighted by Gasteiger charge is -2.09. The SMILES string of the molecule is Clc1ccc(CCc2ncccc2-c2ccc(Cl)cc2)cc1. The minimum atomic E-state index is 0.746. The molecule has 3 aromatic rings. The smallest absolute Gasteiger partial charge is 0.0485 e. The molecule has 0 aliphatic heterocycles. The van der Waals surface area contributed by atoms with E-state index >= 15 is 0 Å². The molecule has 0 aliphatic rings. The molecule has 0 saturated carbocycles. The molecular formula is C19H15Cl2N. The van der Waals surface area contributed by atoms with Crippen molar-refractivity contribution in [2.75, 3.05) is 0 Å². The normalized spacial score (nSPS) is 10.6. The fraction of sp³-hybridized carbons (Fsp3) is 0.105. The maximum atomic E-state index is 5.97. The Balaban J connectivity index is 1.82. The van der Waals surface area contributed by atoms with Gasteiger partial charge in [-0.2, -0.15) is 0 Å². The van der Waals surface area contributed by atoms with Gasteiger partial charge in [0.25, 0.3) is 0 Å². The van der Waals surface area contributed by atoms with Gasteiger partial charge >= 0.3 is 0 Å². The standard InChI is InChI=1S/C19H15Cl2N/c20-16-8-3-14(4-9-16)5-12-19-18(2-1-13-22-19)15-6-10-17(21)11-7-15/h1-4,6-11,13H,5,12H2. The largest absolute Gasteiger partial charge is 0.261 e. The number of rotatable bonds is 4. The average Bonchev–Trinajstić information content (AvgIpc) is 2.55. The van der Waals surface area contributed by atoms with Gasteiger partial charge in [-0.3, -0.25) is 4.98 Å². The van der Waals surface area contributed by atoms with Crippen LogP contribution in [0.25, 0.3) is 11.1 Å². The molecule has 110 valence electrons. The molecule has 0 aliphatic carbocycles. The first-order valence-electron chi connectivity index (χ1n) is 7.16. The van der Waals surface area contributed by atoms with Crippen LogP contribution in [0.4, 0.5) is 0 Å². The highest BCUT2D eigenvalue weighted by molar-refractivity contribution is 6.30. The minimum Gasteiger partial charge on any atom is -0.261 e. The lowest BCUT2D eigenvalue weighted by Crippen LogP contribution is -1.97. The van der Waals surface area contributed by atoms with Gasteiger partial charge in [-0.15, -0.1) is 0 Å². The summed E-state index contributed by atoms with van der Waals surface area (Å²) in [6.45, 7) is 0. The van der Waals surface area contributed by atoms with E-state index in [2.05, 4.69) is 23.2 Å². The molecule has 3 rings (SSSR count). The molecule has 22 heavy (non-hydrogen) atoms. The summed E-state index contributed by atoms with van der Waals surface area (Å²) in [5.41, 5.74) is 4.66. The van der Waals surface area contributed by atoms with Crippen LogP contribution < -0.4 is 0 Å². The summed E-state index contributed by atoms with van der Waals surface area (Å²) in [6, 6.07) is 19.9. The van der Waals surface area contributed by atoms with Gasteiger partial charge in [0.05, 0.1) is 0 Å². The summed E-state index contributed by atoms with van der Waals surface area (Å²) >= 11 is 11.9. The Morgan fingerprint density at radius 1 is 0.727 bits per heavy atom. The summed E-state index contributed by atoms with van der Waals surface area (Å²) in [7, 11) is 0. The van der Waals surface area contributed by atoms with E-state index in [1.807, 2.05) is 48.7 Å². The number of hydrogen-bond acceptors (Lipinski definition) is 1. The third kappa shape index (κ3) is 3.68. The minimum absolute atomic E-state index is 0.746. The molecule has 2 aromatic carbocycles. The second kappa shape index (κ2) is 6.95. The number of benzene rings is 2. The number of pyridine rings is 1. The fourth-order valence-electron chi connectivity index (χ4n) is 2.44. The van der Waals surface area contributed by atoms with Crippen LogP contribution in [0.1, 0.15) is 11.3 Å². The Kier molecular flexibility index (Phi) is 4.77. The lowest BCUT2D eigenvalue weighted by atomic mass is 9.99. The van der Waals surface area contributed by atoms with Crippen molar-refractivity contribution in [1.29, 1.82) is 0 Å². The first-order valence-corrected chi connectivity index (χ1v) is 7.92. The van der Waals surface area contributed by atoms with Gasteiger partial charge in [0.2, 0.25) is 0 Å². The first kappa shape index (κ1) is 15.1. The van der Waals surface area contributed by atoms with Gasteiger partial charge in [-0.25, -0.2) is 0 Å². The van der Waals surface area contributed by atoms with Crippen molar-refractivity contribution >= 4 is 23.2 Å². The van der Waals surface area contributed by atoms with Gasteiger partial charge in [0.1, 0.15) is 0 Å². The van der Waals surface area contributed by atoms with Crippen LogP contribution >= 0.6 is 23.2 Å². The maximum absolute atomic E-state index is 5.97. The lowest BCUT2D eigenvalue weighted by molar-refractivity contribution is 0.916. The fourth-order valence-corrected chi connectivity index (χ4v) is 2.70. The molecule has 3 heteroatoms. The second-order valence-corrected chi connectivity index (χ2v) is 6.00. The Morgan fingerprint density at radius 3 is 2.05 bits per heavy atom. The molecule has 0 saturated heterocycles. The van der Waals surface area contributed by atoms with Crippen LogP contribution in [-0.2, 0) is 12.8 Å². The van der Waals surface area contributed by atoms with E-state index in [1.165, 1.54) is 5.56 Å². The zero-order chi connectivity index (χ0) is 15.4. The Bertz CT molecular complexity index is 749. The zero-order valence-corrected chi connectivity index (χ0v) is 13.5. The summed E-state index contributed by atoms with van der Waals surface area (Å²) in [5.74, 6) is 0. The highest BCUT2D eigenvalue weighted by Crippen LogP contribution is 2.25. The van der Waals surface area contributed by atoms with Crippen molar-refractivity contribution in [3.63, 3.8) is 0 Å². The summed E-state index contributed by atoms with van der Waals surface area (Å²) in [5, 5.41) is 1.51. The van der Waals surface area contributed by atoms with Crippen LogP contribution in [0.2, 0.25) is 10.0 Å². The van der Waals surface area contributed by atoms with E-state index in [1.54, 1.807) is 0 Å². The van der Waals surface area contributed by atoms with E-state index in [4.69, 9.17) is 23.2 Å². The average molecular weight is 328 g/mol. The Morgan fingerprint density at radius 2 is 1.36 bits per heavy atom. The monoisotopic (exact) mass is 327 g/mol. The molecule has 0 bridgehead atoms. The molecule has 0 radical (unpaired) electrons. The molecular weight excluding hydrogens is 313 g/mol. The van der Waals surface area contributed by atoms with E-state index in [0.717, 1.165) is 39.7 Å². The molecule has 0 spiro atoms. The van der Waals surface area contributed by atoms with Crippen LogP contribution in [0.5, 0.6) is 0 Å². The summed E-state index contributed by atoms with van der Waals surface area (Å²) in [4.78, 5) is 4.55. The summed E-state index contributed by atoms with van der Waals surface area (Å²) < 4.78 is 0. The predicted octanol–water partition coefficient (Wildman–Crippen LogP) is 5.84. The number of aromatic nitrogens is 1. The summed E-state index contributed by atoms with van der Waals surface area (Å²) in [6.07, 6.45) is 3.67. The zero-order valence-electron chi connectivity index (χ0n) is 12.0. The van der Waals surface area contributed by atoms with Crippen molar-refractivity contribution < 1.29 is 0 Å². The number of aryl methyl sites for hydroxylation is 2. The molecule has 0 amide bonds. The van der Waals surface area contributed by atoms with Crippen LogP contribution in [0.3, 0.4) is 0 Å². The van der Waals surface area contributed by atoms with Crippen LogP contribution in [-0.4, -0.2) is 4.98 Å². The molecule has 0 unspecified atom stereocenters. The molecule has 0 N–H and O–H groups in total. The van der Waals surface area contributed by atoms with Gasteiger partial charge in [0.15, 0.2) is 0 Å². The second-order valence-electron chi connectivity index (χ2n) is 5.13. The third-order valence-corrected chi connectivity index (χ3v) is 4.11. The number of nitrogens with zero attached hydrogens (tertiary/aromatic N) is 1. The Labute approximate surface area is 140 Å².